The number of hydrogen-bond acceptors (Lipinski definition) is 8. The highest BCUT2D eigenvalue weighted by Crippen LogP contribution is 2.03. The number of aliphatic hydroxyl groups excluding tert-OH is 2. The quantitative estimate of drug-likeness (QED) is 0.256. The molecule has 0 radical (unpaired) electrons. The SMILES string of the molecule is CC(O)C(N)C(=O)O.CC(O)C(N)C(=O)O.O=C(O)[C@@H]1CCCN1. The van der Waals surface area contributed by atoms with Gasteiger partial charge in [0.2, 0.25) is 0 Å². The standard InChI is InChI=1S/C5H9NO2.2C4H9NO3/c7-5(8)4-2-1-3-6-4;2*1-2(6)3(5)4(7)8/h4,6H,1-3H2,(H,7,8);2*2-3,6H,5H2,1H3,(H,7,8)/t4-;;/m0../s1. The fourth-order valence-electron chi connectivity index (χ4n) is 1.31. The largest absolute Gasteiger partial charge is 0.480 e. The maximum atomic E-state index is 10.1. The zero-order valence-corrected chi connectivity index (χ0v) is 13.6. The Morgan fingerprint density at radius 3 is 1.42 bits per heavy atom. The predicted octanol–water partition coefficient (Wildman–Crippen LogP) is -2.62. The molecule has 5 atom stereocenters. The number of carboxylic acids is 3. The van der Waals surface area contributed by atoms with Crippen LogP contribution in [0.15, 0.2) is 0 Å². The molecule has 0 aromatic carbocycles. The van der Waals surface area contributed by atoms with Gasteiger partial charge in [0.05, 0.1) is 12.2 Å². The lowest BCUT2D eigenvalue weighted by Crippen LogP contribution is -2.39. The lowest BCUT2D eigenvalue weighted by molar-refractivity contribution is -0.141. The fraction of sp³-hybridized carbons (Fsp3) is 0.769. The average Bonchev–Trinajstić information content (AvgIpc) is 3.00. The molecule has 0 aromatic rings. The first kappa shape index (κ1) is 24.5. The van der Waals surface area contributed by atoms with Gasteiger partial charge < -0.3 is 42.3 Å². The Bertz CT molecular complexity index is 356. The van der Waals surface area contributed by atoms with Crippen molar-refractivity contribution in [2.24, 2.45) is 11.5 Å². The van der Waals surface area contributed by atoms with Crippen LogP contribution in [-0.4, -0.2) is 80.3 Å². The number of carboxylic acid groups (broad SMARTS) is 3. The van der Waals surface area contributed by atoms with E-state index in [9.17, 15) is 14.4 Å². The minimum atomic E-state index is -1.18. The Morgan fingerprint density at radius 2 is 1.33 bits per heavy atom. The van der Waals surface area contributed by atoms with Crippen LogP contribution in [0.5, 0.6) is 0 Å². The third-order valence-corrected chi connectivity index (χ3v) is 2.97. The molecule has 142 valence electrons. The van der Waals surface area contributed by atoms with Gasteiger partial charge in [-0.1, -0.05) is 0 Å². The second-order valence-corrected chi connectivity index (χ2v) is 5.20. The summed E-state index contributed by atoms with van der Waals surface area (Å²) >= 11 is 0. The Morgan fingerprint density at radius 1 is 0.958 bits per heavy atom. The monoisotopic (exact) mass is 353 g/mol. The number of rotatable bonds is 5. The molecule has 11 nitrogen and oxygen atoms in total. The minimum Gasteiger partial charge on any atom is -0.480 e. The van der Waals surface area contributed by atoms with Crippen LogP contribution in [0.4, 0.5) is 0 Å². The van der Waals surface area contributed by atoms with E-state index in [1.807, 2.05) is 0 Å². The molecule has 0 aromatic heterocycles. The van der Waals surface area contributed by atoms with Gasteiger partial charge in [-0.25, -0.2) is 0 Å². The molecule has 0 saturated carbocycles. The van der Waals surface area contributed by atoms with Crippen molar-refractivity contribution >= 4 is 17.9 Å². The fourth-order valence-corrected chi connectivity index (χ4v) is 1.31. The van der Waals surface area contributed by atoms with Crippen LogP contribution in [0.3, 0.4) is 0 Å². The van der Waals surface area contributed by atoms with Gasteiger partial charge in [-0.3, -0.25) is 14.4 Å². The summed E-state index contributed by atoms with van der Waals surface area (Å²) in [5, 5.41) is 44.3. The number of carbonyl (C=O) groups is 3. The van der Waals surface area contributed by atoms with E-state index in [1.54, 1.807) is 0 Å². The summed E-state index contributed by atoms with van der Waals surface area (Å²) < 4.78 is 0. The summed E-state index contributed by atoms with van der Waals surface area (Å²) in [5.41, 5.74) is 9.82. The van der Waals surface area contributed by atoms with Crippen molar-refractivity contribution in [3.63, 3.8) is 0 Å². The van der Waals surface area contributed by atoms with Crippen molar-refractivity contribution in [3.8, 4) is 0 Å². The maximum absolute atomic E-state index is 10.1. The Kier molecular flexibility index (Phi) is 12.9. The minimum absolute atomic E-state index is 0.269. The lowest BCUT2D eigenvalue weighted by atomic mass is 10.2. The molecule has 1 aliphatic heterocycles. The third-order valence-electron chi connectivity index (χ3n) is 2.97. The summed E-state index contributed by atoms with van der Waals surface area (Å²) in [7, 11) is 0. The van der Waals surface area contributed by atoms with Gasteiger partial charge in [0.1, 0.15) is 18.1 Å². The zero-order valence-electron chi connectivity index (χ0n) is 13.6. The van der Waals surface area contributed by atoms with Gasteiger partial charge in [0.15, 0.2) is 0 Å². The van der Waals surface area contributed by atoms with Gasteiger partial charge >= 0.3 is 17.9 Å². The molecule has 0 spiro atoms. The summed E-state index contributed by atoms with van der Waals surface area (Å²) in [6.07, 6.45) is -0.174. The summed E-state index contributed by atoms with van der Waals surface area (Å²) in [5.74, 6) is -3.08. The molecular weight excluding hydrogens is 326 g/mol. The number of nitrogens with one attached hydrogen (secondary N) is 1. The number of aliphatic carboxylic acids is 3. The van der Waals surface area contributed by atoms with Crippen molar-refractivity contribution in [1.82, 2.24) is 5.32 Å². The first-order chi connectivity index (χ1) is 10.9. The van der Waals surface area contributed by atoms with E-state index >= 15 is 0 Å². The molecule has 24 heavy (non-hydrogen) atoms. The average molecular weight is 353 g/mol. The van der Waals surface area contributed by atoms with Crippen LogP contribution in [0, 0.1) is 0 Å². The Hall–Kier alpha value is -1.79. The maximum Gasteiger partial charge on any atom is 0.323 e. The zero-order chi connectivity index (χ0) is 19.4. The highest BCUT2D eigenvalue weighted by Gasteiger charge is 2.20. The van der Waals surface area contributed by atoms with E-state index in [0.717, 1.165) is 19.4 Å². The van der Waals surface area contributed by atoms with Crippen molar-refractivity contribution in [2.75, 3.05) is 6.54 Å². The van der Waals surface area contributed by atoms with Crippen molar-refractivity contribution in [3.05, 3.63) is 0 Å². The highest BCUT2D eigenvalue weighted by molar-refractivity contribution is 5.74. The van der Waals surface area contributed by atoms with Gasteiger partial charge in [-0.15, -0.1) is 0 Å². The van der Waals surface area contributed by atoms with E-state index in [2.05, 4.69) is 5.32 Å². The van der Waals surface area contributed by atoms with Crippen LogP contribution in [0.2, 0.25) is 0 Å². The summed E-state index contributed by atoms with van der Waals surface area (Å²) in [4.78, 5) is 29.9. The normalized spacial score (nSPS) is 21.0. The molecule has 1 heterocycles. The number of aliphatic hydroxyl groups is 2. The lowest BCUT2D eigenvalue weighted by Gasteiger charge is -2.07. The molecule has 0 bridgehead atoms. The molecule has 10 N–H and O–H groups in total. The molecule has 11 heteroatoms. The van der Waals surface area contributed by atoms with Crippen LogP contribution in [-0.2, 0) is 14.4 Å². The van der Waals surface area contributed by atoms with Crippen molar-refractivity contribution in [2.45, 2.75) is 57.0 Å². The van der Waals surface area contributed by atoms with Crippen molar-refractivity contribution < 1.29 is 39.9 Å². The van der Waals surface area contributed by atoms with Gasteiger partial charge in [-0.05, 0) is 33.2 Å². The second-order valence-electron chi connectivity index (χ2n) is 5.20. The van der Waals surface area contributed by atoms with Crippen LogP contribution < -0.4 is 16.8 Å². The van der Waals surface area contributed by atoms with Gasteiger partial charge in [-0.2, -0.15) is 0 Å². The van der Waals surface area contributed by atoms with E-state index in [4.69, 9.17) is 37.0 Å². The topological polar surface area (TPSA) is 216 Å². The number of hydrogen-bond donors (Lipinski definition) is 8. The van der Waals surface area contributed by atoms with Crippen molar-refractivity contribution in [1.29, 1.82) is 0 Å². The highest BCUT2D eigenvalue weighted by atomic mass is 16.4. The molecule has 4 unspecified atom stereocenters. The van der Waals surface area contributed by atoms with Crippen LogP contribution in [0.25, 0.3) is 0 Å². The summed E-state index contributed by atoms with van der Waals surface area (Å²) in [6, 6.07) is -2.58. The Labute approximate surface area is 139 Å². The molecule has 1 rings (SSSR count). The molecular formula is C13H27N3O8. The second kappa shape index (κ2) is 12.6. The Balaban J connectivity index is 0. The first-order valence-corrected chi connectivity index (χ1v) is 7.20. The van der Waals surface area contributed by atoms with Gasteiger partial charge in [0, 0.05) is 0 Å². The number of nitrogens with two attached hydrogens (primary N) is 2. The van der Waals surface area contributed by atoms with E-state index < -0.39 is 42.2 Å². The molecule has 1 saturated heterocycles. The first-order valence-electron chi connectivity index (χ1n) is 7.20. The molecule has 0 amide bonds. The predicted molar refractivity (Wildman–Crippen MR) is 83.2 cm³/mol. The molecule has 0 aliphatic carbocycles. The van der Waals surface area contributed by atoms with E-state index in [-0.39, 0.29) is 6.04 Å². The summed E-state index contributed by atoms with van der Waals surface area (Å²) in [6.45, 7) is 3.52. The smallest absolute Gasteiger partial charge is 0.323 e. The van der Waals surface area contributed by atoms with Gasteiger partial charge in [0.25, 0.3) is 0 Å². The van der Waals surface area contributed by atoms with E-state index in [1.165, 1.54) is 13.8 Å². The van der Waals surface area contributed by atoms with Crippen LogP contribution in [0.1, 0.15) is 26.7 Å². The molecule has 1 fully saturated rings. The van der Waals surface area contributed by atoms with E-state index in [0.29, 0.717) is 0 Å². The molecule has 1 aliphatic rings. The third kappa shape index (κ3) is 11.7. The van der Waals surface area contributed by atoms with Crippen LogP contribution >= 0.6 is 0 Å².